The zero-order valence-corrected chi connectivity index (χ0v) is 11.4. The molecule has 0 saturated heterocycles. The van der Waals surface area contributed by atoms with Gasteiger partial charge in [0, 0.05) is 0 Å². The average molecular weight is 310 g/mol. The Labute approximate surface area is 120 Å². The van der Waals surface area contributed by atoms with Gasteiger partial charge < -0.3 is 19.9 Å². The second-order valence-corrected chi connectivity index (χ2v) is 3.93. The van der Waals surface area contributed by atoms with Crippen LogP contribution in [0.15, 0.2) is 18.2 Å². The van der Waals surface area contributed by atoms with Gasteiger partial charge in [-0.3, -0.25) is 0 Å². The van der Waals surface area contributed by atoms with Crippen LogP contribution in [-0.2, 0) is 9.53 Å². The lowest BCUT2D eigenvalue weighted by molar-refractivity contribution is -0.174. The first-order chi connectivity index (χ1) is 8.96. The molecule has 2 N–H and O–H groups in total. The molecule has 1 heterocycles. The van der Waals surface area contributed by atoms with Crippen molar-refractivity contribution in [2.75, 3.05) is 13.4 Å². The van der Waals surface area contributed by atoms with Gasteiger partial charge in [0.15, 0.2) is 11.5 Å². The number of hydrogen-bond donors (Lipinski definition) is 1. The van der Waals surface area contributed by atoms with Crippen LogP contribution in [0, 0.1) is 0 Å². The Bertz CT molecular complexity index is 498. The van der Waals surface area contributed by atoms with E-state index in [4.69, 9.17) is 15.2 Å². The molecule has 20 heavy (non-hydrogen) atoms. The van der Waals surface area contributed by atoms with Crippen molar-refractivity contribution in [3.8, 4) is 11.5 Å². The number of alkyl halides is 2. The van der Waals surface area contributed by atoms with E-state index in [1.807, 2.05) is 0 Å². The highest BCUT2D eigenvalue weighted by Gasteiger charge is 2.48. The van der Waals surface area contributed by atoms with Crippen molar-refractivity contribution < 1.29 is 27.8 Å². The zero-order valence-electron chi connectivity index (χ0n) is 10.6. The summed E-state index contributed by atoms with van der Waals surface area (Å²) >= 11 is 0. The predicted octanol–water partition coefficient (Wildman–Crippen LogP) is 2.04. The van der Waals surface area contributed by atoms with Crippen LogP contribution in [0.25, 0.3) is 0 Å². The van der Waals surface area contributed by atoms with Gasteiger partial charge in [-0.05, 0) is 24.6 Å². The number of ether oxygens (including phenoxy) is 3. The second kappa shape index (κ2) is 6.23. The van der Waals surface area contributed by atoms with Gasteiger partial charge in [0.05, 0.1) is 6.61 Å². The summed E-state index contributed by atoms with van der Waals surface area (Å²) in [6, 6.07) is 2.37. The van der Waals surface area contributed by atoms with Crippen molar-refractivity contribution in [1.29, 1.82) is 0 Å². The Morgan fingerprint density at radius 1 is 1.45 bits per heavy atom. The van der Waals surface area contributed by atoms with Crippen molar-refractivity contribution in [2.45, 2.75) is 18.9 Å². The molecule has 0 unspecified atom stereocenters. The molecule has 0 saturated carbocycles. The lowest BCUT2D eigenvalue weighted by Gasteiger charge is -2.21. The number of fused-ring (bicyclic) bond motifs is 1. The SMILES string of the molecule is CCOC(=O)C(F)(F)[C@@H](N)c1ccc2c(c1)OCO2.Cl. The molecule has 0 radical (unpaired) electrons. The third kappa shape index (κ3) is 2.94. The van der Waals surface area contributed by atoms with E-state index in [0.29, 0.717) is 11.5 Å². The summed E-state index contributed by atoms with van der Waals surface area (Å²) in [6.07, 6.45) is 0. The van der Waals surface area contributed by atoms with Gasteiger partial charge >= 0.3 is 11.9 Å². The maximum Gasteiger partial charge on any atom is 0.379 e. The highest BCUT2D eigenvalue weighted by atomic mass is 35.5. The number of rotatable bonds is 4. The molecule has 5 nitrogen and oxygen atoms in total. The molecule has 0 aromatic heterocycles. The minimum atomic E-state index is -3.80. The molecule has 0 amide bonds. The van der Waals surface area contributed by atoms with Crippen molar-refractivity contribution in [2.24, 2.45) is 5.73 Å². The summed E-state index contributed by atoms with van der Waals surface area (Å²) in [5.74, 6) is -4.66. The van der Waals surface area contributed by atoms with E-state index in [2.05, 4.69) is 4.74 Å². The zero-order chi connectivity index (χ0) is 14.0. The fourth-order valence-electron chi connectivity index (χ4n) is 1.67. The van der Waals surface area contributed by atoms with Crippen molar-refractivity contribution >= 4 is 18.4 Å². The molecule has 0 bridgehead atoms. The Balaban J connectivity index is 0.00000200. The predicted molar refractivity (Wildman–Crippen MR) is 68.3 cm³/mol. The lowest BCUT2D eigenvalue weighted by atomic mass is 10.0. The third-order valence-electron chi connectivity index (χ3n) is 2.69. The minimum absolute atomic E-state index is 0. The molecule has 1 aliphatic rings. The Kier molecular flexibility index (Phi) is 5.13. The monoisotopic (exact) mass is 309 g/mol. The molecule has 0 aliphatic carbocycles. The van der Waals surface area contributed by atoms with Crippen LogP contribution in [0.2, 0.25) is 0 Å². The molecule has 1 aromatic rings. The summed E-state index contributed by atoms with van der Waals surface area (Å²) in [5.41, 5.74) is 5.52. The minimum Gasteiger partial charge on any atom is -0.462 e. The van der Waals surface area contributed by atoms with Crippen molar-refractivity contribution in [3.05, 3.63) is 23.8 Å². The molecule has 8 heteroatoms. The summed E-state index contributed by atoms with van der Waals surface area (Å²) in [7, 11) is 0. The first kappa shape index (κ1) is 16.5. The van der Waals surface area contributed by atoms with Gasteiger partial charge in [-0.15, -0.1) is 12.4 Å². The van der Waals surface area contributed by atoms with Crippen LogP contribution in [-0.4, -0.2) is 25.3 Å². The van der Waals surface area contributed by atoms with Gasteiger partial charge in [0.25, 0.3) is 0 Å². The topological polar surface area (TPSA) is 70.8 Å². The molecule has 0 fully saturated rings. The maximum absolute atomic E-state index is 13.8. The quantitative estimate of drug-likeness (QED) is 0.862. The number of nitrogens with two attached hydrogens (primary N) is 1. The van der Waals surface area contributed by atoms with Crippen LogP contribution in [0.1, 0.15) is 18.5 Å². The molecule has 112 valence electrons. The van der Waals surface area contributed by atoms with E-state index < -0.39 is 17.9 Å². The van der Waals surface area contributed by atoms with Crippen molar-refractivity contribution in [3.63, 3.8) is 0 Å². The summed E-state index contributed by atoms with van der Waals surface area (Å²) in [6.45, 7) is 1.34. The van der Waals surface area contributed by atoms with Crippen LogP contribution in [0.4, 0.5) is 8.78 Å². The fraction of sp³-hybridized carbons (Fsp3) is 0.417. The van der Waals surface area contributed by atoms with Crippen LogP contribution in [0.5, 0.6) is 11.5 Å². The Hall–Kier alpha value is -1.60. The lowest BCUT2D eigenvalue weighted by Crippen LogP contribution is -2.41. The van der Waals surface area contributed by atoms with E-state index in [9.17, 15) is 13.6 Å². The normalized spacial score (nSPS) is 14.4. The first-order valence-corrected chi connectivity index (χ1v) is 5.67. The van der Waals surface area contributed by atoms with Gasteiger partial charge in [-0.2, -0.15) is 8.78 Å². The number of carbonyl (C=O) groups is 1. The van der Waals surface area contributed by atoms with Crippen LogP contribution in [0.3, 0.4) is 0 Å². The third-order valence-corrected chi connectivity index (χ3v) is 2.69. The summed E-state index contributed by atoms with van der Waals surface area (Å²) < 4.78 is 42.0. The molecule has 0 spiro atoms. The van der Waals surface area contributed by atoms with Crippen LogP contribution < -0.4 is 15.2 Å². The number of hydrogen-bond acceptors (Lipinski definition) is 5. The van der Waals surface area contributed by atoms with Crippen molar-refractivity contribution in [1.82, 2.24) is 0 Å². The molecule has 1 aliphatic heterocycles. The first-order valence-electron chi connectivity index (χ1n) is 5.67. The number of esters is 1. The number of halogens is 3. The van der Waals surface area contributed by atoms with Gasteiger partial charge in [0.2, 0.25) is 6.79 Å². The van der Waals surface area contributed by atoms with E-state index >= 15 is 0 Å². The van der Waals surface area contributed by atoms with E-state index in [1.54, 1.807) is 0 Å². The maximum atomic E-state index is 13.8. The molecular formula is C12H14ClF2NO4. The van der Waals surface area contributed by atoms with Crippen LogP contribution >= 0.6 is 12.4 Å². The summed E-state index contributed by atoms with van der Waals surface area (Å²) in [5, 5.41) is 0. The molecular weight excluding hydrogens is 296 g/mol. The second-order valence-electron chi connectivity index (χ2n) is 3.93. The van der Waals surface area contributed by atoms with Gasteiger partial charge in [-0.1, -0.05) is 6.07 Å². The van der Waals surface area contributed by atoms with Gasteiger partial charge in [-0.25, -0.2) is 4.79 Å². The van der Waals surface area contributed by atoms with Gasteiger partial charge in [0.1, 0.15) is 6.04 Å². The molecule has 1 aromatic carbocycles. The highest BCUT2D eigenvalue weighted by molar-refractivity contribution is 5.85. The summed E-state index contributed by atoms with van der Waals surface area (Å²) in [4.78, 5) is 11.2. The Morgan fingerprint density at radius 3 is 2.75 bits per heavy atom. The largest absolute Gasteiger partial charge is 0.462 e. The number of benzene rings is 1. The number of carbonyl (C=O) groups excluding carboxylic acids is 1. The Morgan fingerprint density at radius 2 is 2.10 bits per heavy atom. The smallest absolute Gasteiger partial charge is 0.379 e. The standard InChI is InChI=1S/C12H13F2NO4.ClH/c1-2-17-11(16)12(13,14)10(15)7-3-4-8-9(5-7)19-6-18-8;/h3-5,10H,2,6,15H2,1H3;1H/t10-;/m0./s1. The molecule has 2 rings (SSSR count). The average Bonchev–Trinajstić information content (AvgIpc) is 2.85. The highest BCUT2D eigenvalue weighted by Crippen LogP contribution is 2.37. The molecule has 1 atom stereocenters. The van der Waals surface area contributed by atoms with E-state index in [1.165, 1.54) is 25.1 Å². The van der Waals surface area contributed by atoms with E-state index in [-0.39, 0.29) is 31.4 Å². The fourth-order valence-corrected chi connectivity index (χ4v) is 1.67. The van der Waals surface area contributed by atoms with E-state index in [0.717, 1.165) is 0 Å².